The summed E-state index contributed by atoms with van der Waals surface area (Å²) >= 11 is 0. The standard InChI is InChI=1S/C12H21N3O/c1-5-9-15-10(7-8-14-15)11(16)12(3,4)13-6-2/h7-8,13H,5-6,9H2,1-4H3. The first-order valence-corrected chi connectivity index (χ1v) is 5.84. The molecule has 0 atom stereocenters. The quantitative estimate of drug-likeness (QED) is 0.749. The molecule has 0 aliphatic carbocycles. The van der Waals surface area contributed by atoms with Crippen molar-refractivity contribution in [1.82, 2.24) is 15.1 Å². The van der Waals surface area contributed by atoms with Gasteiger partial charge in [0.1, 0.15) is 5.69 Å². The molecule has 0 amide bonds. The van der Waals surface area contributed by atoms with E-state index in [-0.39, 0.29) is 5.78 Å². The highest BCUT2D eigenvalue weighted by atomic mass is 16.1. The molecule has 16 heavy (non-hydrogen) atoms. The molecule has 0 radical (unpaired) electrons. The van der Waals surface area contributed by atoms with Crippen LogP contribution in [0.1, 0.15) is 44.6 Å². The number of carbonyl (C=O) groups is 1. The van der Waals surface area contributed by atoms with Crippen LogP contribution in [0.3, 0.4) is 0 Å². The van der Waals surface area contributed by atoms with E-state index in [2.05, 4.69) is 17.3 Å². The van der Waals surface area contributed by atoms with Crippen molar-refractivity contribution in [3.8, 4) is 0 Å². The first kappa shape index (κ1) is 12.9. The molecule has 0 bridgehead atoms. The lowest BCUT2D eigenvalue weighted by atomic mass is 9.96. The first-order chi connectivity index (χ1) is 7.53. The van der Waals surface area contributed by atoms with Gasteiger partial charge in [0.25, 0.3) is 0 Å². The molecule has 0 unspecified atom stereocenters. The topological polar surface area (TPSA) is 46.9 Å². The maximum absolute atomic E-state index is 12.3. The Balaban J connectivity index is 2.91. The lowest BCUT2D eigenvalue weighted by molar-refractivity contribution is 0.0872. The number of carbonyl (C=O) groups excluding carboxylic acids is 1. The second kappa shape index (κ2) is 5.25. The van der Waals surface area contributed by atoms with Crippen molar-refractivity contribution in [2.75, 3.05) is 6.54 Å². The number of likely N-dealkylation sites (N-methyl/N-ethyl adjacent to an activating group) is 1. The van der Waals surface area contributed by atoms with Gasteiger partial charge in [0.15, 0.2) is 5.78 Å². The van der Waals surface area contributed by atoms with E-state index >= 15 is 0 Å². The lowest BCUT2D eigenvalue weighted by Gasteiger charge is -2.24. The average molecular weight is 223 g/mol. The third kappa shape index (κ3) is 2.70. The molecular weight excluding hydrogens is 202 g/mol. The van der Waals surface area contributed by atoms with E-state index in [0.29, 0.717) is 5.69 Å². The minimum Gasteiger partial charge on any atom is -0.305 e. The van der Waals surface area contributed by atoms with Gasteiger partial charge in [-0.15, -0.1) is 0 Å². The van der Waals surface area contributed by atoms with Gasteiger partial charge in [-0.3, -0.25) is 9.48 Å². The number of hydrogen-bond acceptors (Lipinski definition) is 3. The van der Waals surface area contributed by atoms with Crippen LogP contribution in [0.5, 0.6) is 0 Å². The fourth-order valence-electron chi connectivity index (χ4n) is 1.76. The number of nitrogens with one attached hydrogen (secondary N) is 1. The molecule has 1 rings (SSSR count). The van der Waals surface area contributed by atoms with Crippen molar-refractivity contribution < 1.29 is 4.79 Å². The van der Waals surface area contributed by atoms with Gasteiger partial charge < -0.3 is 5.32 Å². The Morgan fingerprint density at radius 3 is 2.75 bits per heavy atom. The van der Waals surface area contributed by atoms with E-state index < -0.39 is 5.54 Å². The molecule has 0 fully saturated rings. The number of hydrogen-bond donors (Lipinski definition) is 1. The first-order valence-electron chi connectivity index (χ1n) is 5.84. The number of Topliss-reactive ketones (excluding diaryl/α,β-unsaturated/α-hetero) is 1. The van der Waals surface area contributed by atoms with Crippen LogP contribution in [-0.4, -0.2) is 27.6 Å². The van der Waals surface area contributed by atoms with Crippen LogP contribution < -0.4 is 5.32 Å². The van der Waals surface area contributed by atoms with Crippen LogP contribution in [0.25, 0.3) is 0 Å². The summed E-state index contributed by atoms with van der Waals surface area (Å²) in [6.45, 7) is 9.45. The lowest BCUT2D eigenvalue weighted by Crippen LogP contribution is -2.47. The van der Waals surface area contributed by atoms with Gasteiger partial charge in [-0.2, -0.15) is 5.10 Å². The van der Waals surface area contributed by atoms with Crippen molar-refractivity contribution >= 4 is 5.78 Å². The molecule has 0 aromatic carbocycles. The van der Waals surface area contributed by atoms with E-state index in [4.69, 9.17) is 0 Å². The van der Waals surface area contributed by atoms with E-state index in [1.807, 2.05) is 20.8 Å². The highest BCUT2D eigenvalue weighted by molar-refractivity contribution is 6.01. The Morgan fingerprint density at radius 1 is 1.50 bits per heavy atom. The molecule has 1 aromatic rings. The molecule has 0 aliphatic heterocycles. The second-order valence-corrected chi connectivity index (χ2v) is 4.42. The number of aromatic nitrogens is 2. The summed E-state index contributed by atoms with van der Waals surface area (Å²) < 4.78 is 1.78. The summed E-state index contributed by atoms with van der Waals surface area (Å²) in [7, 11) is 0. The van der Waals surface area contributed by atoms with Crippen molar-refractivity contribution in [2.45, 2.75) is 46.2 Å². The Hall–Kier alpha value is -1.16. The van der Waals surface area contributed by atoms with Gasteiger partial charge in [-0.1, -0.05) is 13.8 Å². The van der Waals surface area contributed by atoms with Crippen molar-refractivity contribution in [3.63, 3.8) is 0 Å². The molecule has 1 N–H and O–H groups in total. The molecule has 0 saturated heterocycles. The van der Waals surface area contributed by atoms with Crippen molar-refractivity contribution in [1.29, 1.82) is 0 Å². The largest absolute Gasteiger partial charge is 0.305 e. The Labute approximate surface area is 97.0 Å². The maximum Gasteiger partial charge on any atom is 0.200 e. The van der Waals surface area contributed by atoms with Gasteiger partial charge in [-0.25, -0.2) is 0 Å². The summed E-state index contributed by atoms with van der Waals surface area (Å²) in [6, 6.07) is 1.79. The molecule has 1 heterocycles. The SMILES string of the molecule is CCCn1nccc1C(=O)C(C)(C)NCC. The number of nitrogens with zero attached hydrogens (tertiary/aromatic N) is 2. The van der Waals surface area contributed by atoms with Crippen LogP contribution >= 0.6 is 0 Å². The number of aryl methyl sites for hydroxylation is 1. The van der Waals surface area contributed by atoms with Crippen LogP contribution in [0.15, 0.2) is 12.3 Å². The summed E-state index contributed by atoms with van der Waals surface area (Å²) in [5.74, 6) is 0.0975. The summed E-state index contributed by atoms with van der Waals surface area (Å²) in [6.07, 6.45) is 2.66. The average Bonchev–Trinajstić information content (AvgIpc) is 2.65. The monoisotopic (exact) mass is 223 g/mol. The minimum atomic E-state index is -0.528. The number of rotatable bonds is 6. The zero-order valence-electron chi connectivity index (χ0n) is 10.6. The van der Waals surface area contributed by atoms with Gasteiger partial charge in [0.2, 0.25) is 0 Å². The predicted molar refractivity (Wildman–Crippen MR) is 64.6 cm³/mol. The normalized spacial score (nSPS) is 11.8. The van der Waals surface area contributed by atoms with Gasteiger partial charge >= 0.3 is 0 Å². The summed E-state index contributed by atoms with van der Waals surface area (Å²) in [4.78, 5) is 12.3. The Morgan fingerprint density at radius 2 is 2.19 bits per heavy atom. The molecule has 0 aliphatic rings. The molecule has 90 valence electrons. The van der Waals surface area contributed by atoms with E-state index in [1.165, 1.54) is 0 Å². The Bertz CT molecular complexity index is 355. The van der Waals surface area contributed by atoms with E-state index in [1.54, 1.807) is 16.9 Å². The van der Waals surface area contributed by atoms with Crippen LogP contribution in [0.4, 0.5) is 0 Å². The zero-order valence-corrected chi connectivity index (χ0v) is 10.6. The minimum absolute atomic E-state index is 0.0975. The molecular formula is C12H21N3O. The van der Waals surface area contributed by atoms with E-state index in [9.17, 15) is 4.79 Å². The van der Waals surface area contributed by atoms with Gasteiger partial charge in [0, 0.05) is 12.7 Å². The van der Waals surface area contributed by atoms with Crippen molar-refractivity contribution in [2.24, 2.45) is 0 Å². The smallest absolute Gasteiger partial charge is 0.200 e. The van der Waals surface area contributed by atoms with E-state index in [0.717, 1.165) is 19.5 Å². The molecule has 4 nitrogen and oxygen atoms in total. The van der Waals surface area contributed by atoms with Crippen LogP contribution in [0.2, 0.25) is 0 Å². The second-order valence-electron chi connectivity index (χ2n) is 4.42. The number of ketones is 1. The van der Waals surface area contributed by atoms with Crippen LogP contribution in [-0.2, 0) is 6.54 Å². The molecule has 0 spiro atoms. The maximum atomic E-state index is 12.3. The molecule has 0 saturated carbocycles. The third-order valence-corrected chi connectivity index (χ3v) is 2.57. The predicted octanol–water partition coefficient (Wildman–Crippen LogP) is 1.86. The fraction of sp³-hybridized carbons (Fsp3) is 0.667. The van der Waals surface area contributed by atoms with Crippen LogP contribution in [0, 0.1) is 0 Å². The highest BCUT2D eigenvalue weighted by Crippen LogP contribution is 2.13. The Kier molecular flexibility index (Phi) is 4.24. The third-order valence-electron chi connectivity index (χ3n) is 2.57. The highest BCUT2D eigenvalue weighted by Gasteiger charge is 2.29. The zero-order chi connectivity index (χ0) is 12.2. The molecule has 1 aromatic heterocycles. The summed E-state index contributed by atoms with van der Waals surface area (Å²) in [5, 5.41) is 7.36. The van der Waals surface area contributed by atoms with Gasteiger partial charge in [-0.05, 0) is 32.9 Å². The van der Waals surface area contributed by atoms with Crippen molar-refractivity contribution in [3.05, 3.63) is 18.0 Å². The molecule has 4 heteroatoms. The van der Waals surface area contributed by atoms with Gasteiger partial charge in [0.05, 0.1) is 5.54 Å². The fourth-order valence-corrected chi connectivity index (χ4v) is 1.76. The summed E-state index contributed by atoms with van der Waals surface area (Å²) in [5.41, 5.74) is 0.160.